The molecule has 1 unspecified atom stereocenters. The number of nitrogens with one attached hydrogen (secondary N) is 2. The van der Waals surface area contributed by atoms with Gasteiger partial charge in [0.1, 0.15) is 5.69 Å². The van der Waals surface area contributed by atoms with Gasteiger partial charge in [0.15, 0.2) is 0 Å². The Labute approximate surface area is 152 Å². The molecule has 1 fully saturated rings. The minimum atomic E-state index is -0.340. The van der Waals surface area contributed by atoms with Crippen molar-refractivity contribution in [2.75, 3.05) is 7.05 Å². The number of nitrogens with zero attached hydrogens (tertiary/aromatic N) is 1. The average molecular weight is 353 g/mol. The zero-order valence-electron chi connectivity index (χ0n) is 14.9. The number of benzene rings is 1. The second-order valence-corrected chi connectivity index (χ2v) is 6.67. The third-order valence-electron chi connectivity index (χ3n) is 4.76. The van der Waals surface area contributed by atoms with Crippen molar-refractivity contribution in [2.45, 2.75) is 37.8 Å². The van der Waals surface area contributed by atoms with Gasteiger partial charge >= 0.3 is 0 Å². The number of carbonyl (C=O) groups is 2. The third-order valence-corrected chi connectivity index (χ3v) is 4.76. The van der Waals surface area contributed by atoms with Crippen molar-refractivity contribution in [1.29, 1.82) is 0 Å². The van der Waals surface area contributed by atoms with Crippen molar-refractivity contribution in [3.63, 3.8) is 0 Å². The lowest BCUT2D eigenvalue weighted by molar-refractivity contribution is 0.0562. The first-order valence-electron chi connectivity index (χ1n) is 8.76. The normalized spacial score (nSPS) is 20.0. The van der Waals surface area contributed by atoms with E-state index in [1.807, 2.05) is 37.3 Å². The van der Waals surface area contributed by atoms with Gasteiger partial charge in [0.2, 0.25) is 0 Å². The van der Waals surface area contributed by atoms with Crippen LogP contribution in [0.5, 0.6) is 0 Å². The minimum Gasteiger partial charge on any atom is -0.393 e. The van der Waals surface area contributed by atoms with Crippen molar-refractivity contribution >= 4 is 11.8 Å². The standard InChI is InChI=1S/C20H23N3O3/c1-12(13-6-4-3-5-7-13)17-8-14(9-18(23-17)20(26)21-2)19(25)22-15-10-16(24)11-15/h3-9,12,15-16,24H,10-11H2,1-2H3,(H,21,26)(H,22,25). The lowest BCUT2D eigenvalue weighted by Crippen LogP contribution is -2.46. The second-order valence-electron chi connectivity index (χ2n) is 6.67. The summed E-state index contributed by atoms with van der Waals surface area (Å²) < 4.78 is 0. The summed E-state index contributed by atoms with van der Waals surface area (Å²) in [6, 6.07) is 13.0. The Bertz CT molecular complexity index is 801. The van der Waals surface area contributed by atoms with Crippen molar-refractivity contribution < 1.29 is 14.7 Å². The maximum atomic E-state index is 12.6. The monoisotopic (exact) mass is 353 g/mol. The number of aromatic nitrogens is 1. The van der Waals surface area contributed by atoms with Crippen LogP contribution in [-0.2, 0) is 0 Å². The molecule has 1 atom stereocenters. The topological polar surface area (TPSA) is 91.3 Å². The number of hydrogen-bond donors (Lipinski definition) is 3. The summed E-state index contributed by atoms with van der Waals surface area (Å²) in [5.74, 6) is -0.644. The second kappa shape index (κ2) is 7.66. The lowest BCUT2D eigenvalue weighted by atomic mass is 9.89. The molecule has 2 aromatic rings. The summed E-state index contributed by atoms with van der Waals surface area (Å²) >= 11 is 0. The van der Waals surface area contributed by atoms with Gasteiger partial charge in [0, 0.05) is 30.3 Å². The highest BCUT2D eigenvalue weighted by Gasteiger charge is 2.29. The molecule has 136 valence electrons. The van der Waals surface area contributed by atoms with Gasteiger partial charge in [-0.2, -0.15) is 0 Å². The first kappa shape index (κ1) is 18.1. The van der Waals surface area contributed by atoms with E-state index in [0.29, 0.717) is 24.1 Å². The highest BCUT2D eigenvalue weighted by atomic mass is 16.3. The molecule has 1 saturated carbocycles. The Morgan fingerprint density at radius 2 is 1.85 bits per heavy atom. The molecular weight excluding hydrogens is 330 g/mol. The van der Waals surface area contributed by atoms with E-state index >= 15 is 0 Å². The van der Waals surface area contributed by atoms with Crippen molar-refractivity contribution in [3.8, 4) is 0 Å². The molecule has 3 rings (SSSR count). The van der Waals surface area contributed by atoms with Gasteiger partial charge in [-0.3, -0.25) is 9.59 Å². The van der Waals surface area contributed by atoms with Crippen LogP contribution in [0.4, 0.5) is 0 Å². The maximum absolute atomic E-state index is 12.6. The summed E-state index contributed by atoms with van der Waals surface area (Å²) in [7, 11) is 1.53. The summed E-state index contributed by atoms with van der Waals surface area (Å²) in [5.41, 5.74) is 2.34. The number of rotatable bonds is 5. The van der Waals surface area contributed by atoms with E-state index in [-0.39, 0.29) is 35.6 Å². The predicted molar refractivity (Wildman–Crippen MR) is 98.1 cm³/mol. The van der Waals surface area contributed by atoms with Gasteiger partial charge in [-0.15, -0.1) is 0 Å². The fraction of sp³-hybridized carbons (Fsp3) is 0.350. The van der Waals surface area contributed by atoms with Crippen LogP contribution in [-0.4, -0.2) is 41.1 Å². The molecule has 1 heterocycles. The Balaban J connectivity index is 1.91. The largest absolute Gasteiger partial charge is 0.393 e. The van der Waals surface area contributed by atoms with Gasteiger partial charge in [0.25, 0.3) is 11.8 Å². The van der Waals surface area contributed by atoms with E-state index < -0.39 is 0 Å². The summed E-state index contributed by atoms with van der Waals surface area (Å²) in [5, 5.41) is 14.8. The SMILES string of the molecule is CNC(=O)c1cc(C(=O)NC2CC(O)C2)cc(C(C)c2ccccc2)n1. The van der Waals surface area contributed by atoms with Gasteiger partial charge in [-0.25, -0.2) is 4.98 Å². The molecule has 6 nitrogen and oxygen atoms in total. The molecule has 6 heteroatoms. The fourth-order valence-electron chi connectivity index (χ4n) is 3.04. The molecule has 26 heavy (non-hydrogen) atoms. The number of aliphatic hydroxyl groups excluding tert-OH is 1. The van der Waals surface area contributed by atoms with Crippen LogP contribution < -0.4 is 10.6 Å². The Morgan fingerprint density at radius 1 is 1.15 bits per heavy atom. The van der Waals surface area contributed by atoms with Crippen LogP contribution >= 0.6 is 0 Å². The van der Waals surface area contributed by atoms with Crippen molar-refractivity contribution in [2.24, 2.45) is 0 Å². The molecule has 0 radical (unpaired) electrons. The van der Waals surface area contributed by atoms with Crippen LogP contribution in [0.3, 0.4) is 0 Å². The molecule has 3 N–H and O–H groups in total. The average Bonchev–Trinajstić information content (AvgIpc) is 2.65. The molecule has 0 bridgehead atoms. The number of carbonyl (C=O) groups excluding carboxylic acids is 2. The summed E-state index contributed by atoms with van der Waals surface area (Å²) in [4.78, 5) is 29.1. The minimum absolute atomic E-state index is 0.0240. The number of amides is 2. The zero-order valence-corrected chi connectivity index (χ0v) is 14.9. The van der Waals surface area contributed by atoms with E-state index in [4.69, 9.17) is 0 Å². The van der Waals surface area contributed by atoms with Gasteiger partial charge in [-0.05, 0) is 30.5 Å². The van der Waals surface area contributed by atoms with E-state index in [2.05, 4.69) is 15.6 Å². The highest BCUT2D eigenvalue weighted by molar-refractivity contribution is 5.98. The van der Waals surface area contributed by atoms with Crippen molar-refractivity contribution in [3.05, 3.63) is 65.0 Å². The highest BCUT2D eigenvalue weighted by Crippen LogP contribution is 2.24. The van der Waals surface area contributed by atoms with Crippen LogP contribution in [0.2, 0.25) is 0 Å². The van der Waals surface area contributed by atoms with Gasteiger partial charge in [0.05, 0.1) is 6.10 Å². The smallest absolute Gasteiger partial charge is 0.269 e. The first-order valence-corrected chi connectivity index (χ1v) is 8.76. The molecule has 0 saturated heterocycles. The predicted octanol–water partition coefficient (Wildman–Crippen LogP) is 1.85. The number of aliphatic hydroxyl groups is 1. The zero-order chi connectivity index (χ0) is 18.7. The molecule has 0 aliphatic heterocycles. The van der Waals surface area contributed by atoms with E-state index in [0.717, 1.165) is 5.56 Å². The molecule has 2 amide bonds. The van der Waals surface area contributed by atoms with Crippen LogP contribution in [0.15, 0.2) is 42.5 Å². The van der Waals surface area contributed by atoms with E-state index in [1.165, 1.54) is 13.1 Å². The van der Waals surface area contributed by atoms with Gasteiger partial charge in [-0.1, -0.05) is 37.3 Å². The first-order chi connectivity index (χ1) is 12.5. The molecule has 1 aliphatic carbocycles. The Kier molecular flexibility index (Phi) is 5.32. The number of hydrogen-bond acceptors (Lipinski definition) is 4. The van der Waals surface area contributed by atoms with E-state index in [9.17, 15) is 14.7 Å². The molecule has 0 spiro atoms. The number of pyridine rings is 1. The van der Waals surface area contributed by atoms with Crippen LogP contribution in [0.1, 0.15) is 57.8 Å². The van der Waals surface area contributed by atoms with E-state index in [1.54, 1.807) is 6.07 Å². The van der Waals surface area contributed by atoms with Gasteiger partial charge < -0.3 is 15.7 Å². The maximum Gasteiger partial charge on any atom is 0.269 e. The van der Waals surface area contributed by atoms with Crippen LogP contribution in [0, 0.1) is 0 Å². The fourth-order valence-corrected chi connectivity index (χ4v) is 3.04. The third kappa shape index (κ3) is 3.91. The molecular formula is C20H23N3O3. The van der Waals surface area contributed by atoms with Crippen molar-refractivity contribution in [1.82, 2.24) is 15.6 Å². The quantitative estimate of drug-likeness (QED) is 0.765. The lowest BCUT2D eigenvalue weighted by Gasteiger charge is -2.32. The summed E-state index contributed by atoms with van der Waals surface area (Å²) in [6.07, 6.45) is 0.784. The molecule has 1 aromatic heterocycles. The van der Waals surface area contributed by atoms with Crippen LogP contribution in [0.25, 0.3) is 0 Å². The molecule has 1 aliphatic rings. The Hall–Kier alpha value is -2.73. The molecule has 1 aromatic carbocycles. The Morgan fingerprint density at radius 3 is 2.46 bits per heavy atom. The summed E-state index contributed by atoms with van der Waals surface area (Å²) in [6.45, 7) is 2.00.